The lowest BCUT2D eigenvalue weighted by Gasteiger charge is -2.14. The number of ether oxygens (including phenoxy) is 1. The summed E-state index contributed by atoms with van der Waals surface area (Å²) in [7, 11) is 0. The Labute approximate surface area is 128 Å². The smallest absolute Gasteiger partial charge is 0.119 e. The summed E-state index contributed by atoms with van der Waals surface area (Å²) in [5, 5.41) is 3.48. The minimum absolute atomic E-state index is 0.207. The molecule has 0 heterocycles. The molecular weight excluding hydrogens is 258 g/mol. The highest BCUT2D eigenvalue weighted by Crippen LogP contribution is 2.26. The molecule has 0 fully saturated rings. The molecule has 2 aromatic rings. The van der Waals surface area contributed by atoms with Gasteiger partial charge in [-0.25, -0.2) is 0 Å². The zero-order valence-electron chi connectivity index (χ0n) is 13.4. The third kappa shape index (κ3) is 4.61. The van der Waals surface area contributed by atoms with E-state index in [9.17, 15) is 0 Å². The molecule has 2 aromatic carbocycles. The molecule has 0 atom stereocenters. The first-order valence-electron chi connectivity index (χ1n) is 7.64. The highest BCUT2D eigenvalue weighted by Gasteiger charge is 2.06. The molecule has 0 bridgehead atoms. The van der Waals surface area contributed by atoms with E-state index in [0.29, 0.717) is 6.04 Å². The number of hydrogen-bond acceptors (Lipinski definition) is 2. The number of benzene rings is 2. The molecule has 0 amide bonds. The second kappa shape index (κ2) is 7.28. The van der Waals surface area contributed by atoms with Crippen molar-refractivity contribution in [3.8, 4) is 16.9 Å². The quantitative estimate of drug-likeness (QED) is 0.834. The predicted octanol–water partition coefficient (Wildman–Crippen LogP) is 4.64. The van der Waals surface area contributed by atoms with Crippen LogP contribution in [0.3, 0.4) is 0 Å². The van der Waals surface area contributed by atoms with Crippen LogP contribution in [-0.2, 0) is 6.54 Å². The van der Waals surface area contributed by atoms with Gasteiger partial charge < -0.3 is 10.1 Å². The molecule has 2 rings (SSSR count). The lowest BCUT2D eigenvalue weighted by atomic mass is 9.99. The van der Waals surface area contributed by atoms with Crippen LogP contribution in [0.25, 0.3) is 11.1 Å². The summed E-state index contributed by atoms with van der Waals surface area (Å²) in [6.07, 6.45) is 0.207. The third-order valence-corrected chi connectivity index (χ3v) is 3.26. The first-order chi connectivity index (χ1) is 10.1. The first kappa shape index (κ1) is 15.6. The molecule has 1 N–H and O–H groups in total. The highest BCUT2D eigenvalue weighted by atomic mass is 16.5. The molecule has 0 saturated carbocycles. The average molecular weight is 283 g/mol. The van der Waals surface area contributed by atoms with Gasteiger partial charge in [0, 0.05) is 12.6 Å². The molecule has 112 valence electrons. The van der Waals surface area contributed by atoms with E-state index < -0.39 is 0 Å². The molecule has 0 spiro atoms. The normalized spacial score (nSPS) is 11.1. The Morgan fingerprint density at radius 1 is 0.905 bits per heavy atom. The zero-order valence-corrected chi connectivity index (χ0v) is 13.4. The minimum atomic E-state index is 0.207. The van der Waals surface area contributed by atoms with E-state index in [1.54, 1.807) is 0 Å². The fourth-order valence-electron chi connectivity index (χ4n) is 2.26. The second-order valence-corrected chi connectivity index (χ2v) is 5.88. The van der Waals surface area contributed by atoms with Crippen molar-refractivity contribution in [2.75, 3.05) is 0 Å². The van der Waals surface area contributed by atoms with Crippen LogP contribution in [0, 0.1) is 0 Å². The fraction of sp³-hybridized carbons (Fsp3) is 0.368. The number of hydrogen-bond donors (Lipinski definition) is 1. The lowest BCUT2D eigenvalue weighted by Crippen LogP contribution is -2.22. The fourth-order valence-corrected chi connectivity index (χ4v) is 2.26. The Morgan fingerprint density at radius 2 is 1.57 bits per heavy atom. The number of rotatable bonds is 6. The Balaban J connectivity index is 2.21. The summed E-state index contributed by atoms with van der Waals surface area (Å²) in [5.74, 6) is 0.923. The topological polar surface area (TPSA) is 21.3 Å². The van der Waals surface area contributed by atoms with Crippen molar-refractivity contribution in [1.82, 2.24) is 5.32 Å². The van der Waals surface area contributed by atoms with Crippen molar-refractivity contribution in [2.45, 2.75) is 46.4 Å². The van der Waals surface area contributed by atoms with E-state index >= 15 is 0 Å². The van der Waals surface area contributed by atoms with Crippen LogP contribution >= 0.6 is 0 Å². The summed E-state index contributed by atoms with van der Waals surface area (Å²) in [6, 6.07) is 17.4. The van der Waals surface area contributed by atoms with Gasteiger partial charge in [-0.15, -0.1) is 0 Å². The maximum atomic E-state index is 5.70. The summed E-state index contributed by atoms with van der Waals surface area (Å²) in [4.78, 5) is 0. The van der Waals surface area contributed by atoms with Gasteiger partial charge in [0.2, 0.25) is 0 Å². The second-order valence-electron chi connectivity index (χ2n) is 5.88. The van der Waals surface area contributed by atoms with Crippen LogP contribution in [0.15, 0.2) is 48.5 Å². The monoisotopic (exact) mass is 283 g/mol. The van der Waals surface area contributed by atoms with Gasteiger partial charge in [0.05, 0.1) is 6.10 Å². The van der Waals surface area contributed by atoms with Crippen LogP contribution in [0.5, 0.6) is 5.75 Å². The molecule has 0 aliphatic heterocycles. The first-order valence-corrected chi connectivity index (χ1v) is 7.64. The molecule has 2 nitrogen and oxygen atoms in total. The van der Waals surface area contributed by atoms with Crippen LogP contribution < -0.4 is 10.1 Å². The van der Waals surface area contributed by atoms with Crippen molar-refractivity contribution in [1.29, 1.82) is 0 Å². The SMILES string of the molecule is CC(C)NCc1ccccc1-c1ccc(OC(C)C)cc1. The van der Waals surface area contributed by atoms with Crippen molar-refractivity contribution in [3.05, 3.63) is 54.1 Å². The molecule has 21 heavy (non-hydrogen) atoms. The van der Waals surface area contributed by atoms with Gasteiger partial charge in [-0.1, -0.05) is 50.2 Å². The Kier molecular flexibility index (Phi) is 5.40. The lowest BCUT2D eigenvalue weighted by molar-refractivity contribution is 0.242. The molecular formula is C19H25NO. The van der Waals surface area contributed by atoms with E-state index in [4.69, 9.17) is 4.74 Å². The van der Waals surface area contributed by atoms with Crippen LogP contribution in [0.1, 0.15) is 33.3 Å². The van der Waals surface area contributed by atoms with E-state index in [0.717, 1.165) is 12.3 Å². The Hall–Kier alpha value is -1.80. The summed E-state index contributed by atoms with van der Waals surface area (Å²) >= 11 is 0. The molecule has 0 radical (unpaired) electrons. The standard InChI is InChI=1S/C19H25NO/c1-14(2)20-13-17-7-5-6-8-19(17)16-9-11-18(12-10-16)21-15(3)4/h5-12,14-15,20H,13H2,1-4H3. The number of nitrogens with one attached hydrogen (secondary N) is 1. The summed E-state index contributed by atoms with van der Waals surface area (Å²) < 4.78 is 5.70. The van der Waals surface area contributed by atoms with Crippen molar-refractivity contribution >= 4 is 0 Å². The minimum Gasteiger partial charge on any atom is -0.491 e. The average Bonchev–Trinajstić information content (AvgIpc) is 2.46. The Morgan fingerprint density at radius 3 is 2.19 bits per heavy atom. The van der Waals surface area contributed by atoms with E-state index in [2.05, 4.69) is 55.6 Å². The molecule has 0 saturated heterocycles. The van der Waals surface area contributed by atoms with Crippen molar-refractivity contribution in [3.63, 3.8) is 0 Å². The largest absolute Gasteiger partial charge is 0.491 e. The predicted molar refractivity (Wildman–Crippen MR) is 89.6 cm³/mol. The van der Waals surface area contributed by atoms with E-state index in [1.807, 2.05) is 26.0 Å². The maximum absolute atomic E-state index is 5.70. The van der Waals surface area contributed by atoms with Crippen LogP contribution in [0.4, 0.5) is 0 Å². The van der Waals surface area contributed by atoms with Gasteiger partial charge in [0.1, 0.15) is 5.75 Å². The Bertz CT molecular complexity index is 558. The van der Waals surface area contributed by atoms with E-state index in [-0.39, 0.29) is 6.10 Å². The zero-order chi connectivity index (χ0) is 15.2. The molecule has 0 aliphatic carbocycles. The van der Waals surface area contributed by atoms with Crippen molar-refractivity contribution in [2.24, 2.45) is 0 Å². The van der Waals surface area contributed by atoms with E-state index in [1.165, 1.54) is 16.7 Å². The maximum Gasteiger partial charge on any atom is 0.119 e. The van der Waals surface area contributed by atoms with Gasteiger partial charge >= 0.3 is 0 Å². The third-order valence-electron chi connectivity index (χ3n) is 3.26. The molecule has 0 aromatic heterocycles. The van der Waals surface area contributed by atoms with Gasteiger partial charge in [0.25, 0.3) is 0 Å². The molecule has 2 heteroatoms. The highest BCUT2D eigenvalue weighted by molar-refractivity contribution is 5.67. The van der Waals surface area contributed by atoms with Crippen LogP contribution in [-0.4, -0.2) is 12.1 Å². The van der Waals surface area contributed by atoms with Gasteiger partial charge in [-0.3, -0.25) is 0 Å². The van der Waals surface area contributed by atoms with Gasteiger partial charge in [0.15, 0.2) is 0 Å². The summed E-state index contributed by atoms with van der Waals surface area (Å²) in [5.41, 5.74) is 3.83. The summed E-state index contributed by atoms with van der Waals surface area (Å²) in [6.45, 7) is 9.31. The molecule has 0 unspecified atom stereocenters. The molecule has 0 aliphatic rings. The van der Waals surface area contributed by atoms with Gasteiger partial charge in [-0.2, -0.15) is 0 Å². The van der Waals surface area contributed by atoms with Crippen molar-refractivity contribution < 1.29 is 4.74 Å². The van der Waals surface area contributed by atoms with Gasteiger partial charge in [-0.05, 0) is 42.7 Å². The van der Waals surface area contributed by atoms with Crippen LogP contribution in [0.2, 0.25) is 0 Å².